The molecule has 1 amide bonds. The van der Waals surface area contributed by atoms with E-state index in [1.807, 2.05) is 18.2 Å². The van der Waals surface area contributed by atoms with Gasteiger partial charge in [-0.3, -0.25) is 9.59 Å². The van der Waals surface area contributed by atoms with Crippen molar-refractivity contribution in [2.45, 2.75) is 4.90 Å². The molecule has 0 fully saturated rings. The highest BCUT2D eigenvalue weighted by Gasteiger charge is 2.11. The Morgan fingerprint density at radius 2 is 1.79 bits per heavy atom. The number of hydrogen-bond donors (Lipinski definition) is 1. The van der Waals surface area contributed by atoms with Crippen LogP contribution in [0.25, 0.3) is 0 Å². The Hall–Kier alpha value is -2.76. The maximum Gasteiger partial charge on any atom is 0.255 e. The van der Waals surface area contributed by atoms with Crippen LogP contribution >= 0.6 is 23.4 Å². The van der Waals surface area contributed by atoms with Crippen LogP contribution in [-0.2, 0) is 0 Å². The van der Waals surface area contributed by atoms with Crippen molar-refractivity contribution in [1.29, 1.82) is 0 Å². The third-order valence-corrected chi connectivity index (χ3v) is 5.29. The molecule has 6 heteroatoms. The summed E-state index contributed by atoms with van der Waals surface area (Å²) >= 11 is 7.47. The number of ether oxygens (including phenoxy) is 1. The van der Waals surface area contributed by atoms with Crippen molar-refractivity contribution in [3.8, 4) is 5.75 Å². The number of carbonyl (C=O) groups excluding carboxylic acids is 2. The van der Waals surface area contributed by atoms with Crippen LogP contribution < -0.4 is 10.1 Å². The number of methoxy groups -OCH3 is 1. The van der Waals surface area contributed by atoms with Gasteiger partial charge in [-0.2, -0.15) is 0 Å². The standard InChI is InChI=1S/C22H18ClNO3S/c1-27-17-8-4-6-15(12-17)22(26)24-16-7-5-9-18(13-16)28-14-21(25)19-10-2-3-11-20(19)23/h2-13H,14H2,1H3,(H,24,26). The first-order chi connectivity index (χ1) is 13.6. The summed E-state index contributed by atoms with van der Waals surface area (Å²) in [6, 6.07) is 21.3. The van der Waals surface area contributed by atoms with Crippen LogP contribution in [0.2, 0.25) is 5.02 Å². The molecule has 0 heterocycles. The van der Waals surface area contributed by atoms with E-state index < -0.39 is 0 Å². The molecule has 3 aromatic carbocycles. The number of amides is 1. The minimum atomic E-state index is -0.229. The van der Waals surface area contributed by atoms with Gasteiger partial charge in [-0.25, -0.2) is 0 Å². The zero-order valence-corrected chi connectivity index (χ0v) is 16.7. The molecular weight excluding hydrogens is 394 g/mol. The monoisotopic (exact) mass is 411 g/mol. The van der Waals surface area contributed by atoms with Gasteiger partial charge in [-0.1, -0.05) is 35.9 Å². The Labute approximate surface area is 172 Å². The molecular formula is C22H18ClNO3S. The second-order valence-corrected chi connectivity index (χ2v) is 7.36. The van der Waals surface area contributed by atoms with E-state index in [-0.39, 0.29) is 17.4 Å². The number of benzene rings is 3. The van der Waals surface area contributed by atoms with Crippen LogP contribution in [0.5, 0.6) is 5.75 Å². The molecule has 4 nitrogen and oxygen atoms in total. The number of carbonyl (C=O) groups is 2. The predicted octanol–water partition coefficient (Wildman–Crippen LogP) is 5.58. The topological polar surface area (TPSA) is 55.4 Å². The Morgan fingerprint density at radius 1 is 1.00 bits per heavy atom. The summed E-state index contributed by atoms with van der Waals surface area (Å²) in [5.41, 5.74) is 1.67. The van der Waals surface area contributed by atoms with Gasteiger partial charge in [0.1, 0.15) is 5.75 Å². The fraction of sp³-hybridized carbons (Fsp3) is 0.0909. The molecule has 0 aliphatic rings. The molecule has 3 rings (SSSR count). The zero-order valence-electron chi connectivity index (χ0n) is 15.1. The lowest BCUT2D eigenvalue weighted by Gasteiger charge is -2.09. The van der Waals surface area contributed by atoms with E-state index in [2.05, 4.69) is 5.32 Å². The number of Topliss-reactive ketones (excluding diaryl/α,β-unsaturated/α-hetero) is 1. The molecule has 0 atom stereocenters. The Kier molecular flexibility index (Phi) is 6.74. The van der Waals surface area contributed by atoms with Crippen LogP contribution in [0.15, 0.2) is 77.7 Å². The lowest BCUT2D eigenvalue weighted by atomic mass is 10.1. The van der Waals surface area contributed by atoms with Gasteiger partial charge < -0.3 is 10.1 Å². The average Bonchev–Trinajstić information content (AvgIpc) is 2.72. The summed E-state index contributed by atoms with van der Waals surface area (Å²) < 4.78 is 5.15. The Morgan fingerprint density at radius 3 is 2.57 bits per heavy atom. The predicted molar refractivity (Wildman–Crippen MR) is 114 cm³/mol. The van der Waals surface area contributed by atoms with Crippen molar-refractivity contribution in [2.24, 2.45) is 0 Å². The van der Waals surface area contributed by atoms with E-state index in [4.69, 9.17) is 16.3 Å². The summed E-state index contributed by atoms with van der Waals surface area (Å²) in [7, 11) is 1.56. The molecule has 0 aliphatic carbocycles. The van der Waals surface area contributed by atoms with Gasteiger partial charge in [0, 0.05) is 21.7 Å². The fourth-order valence-electron chi connectivity index (χ4n) is 2.55. The summed E-state index contributed by atoms with van der Waals surface area (Å²) in [5.74, 6) is 0.612. The van der Waals surface area contributed by atoms with Crippen LogP contribution in [0, 0.1) is 0 Å². The van der Waals surface area contributed by atoms with Gasteiger partial charge in [0.25, 0.3) is 5.91 Å². The number of hydrogen-bond acceptors (Lipinski definition) is 4. The number of nitrogens with one attached hydrogen (secondary N) is 1. The van der Waals surface area contributed by atoms with Gasteiger partial charge in [0.15, 0.2) is 5.78 Å². The molecule has 0 saturated carbocycles. The molecule has 3 aromatic rings. The zero-order chi connectivity index (χ0) is 19.9. The highest BCUT2D eigenvalue weighted by atomic mass is 35.5. The van der Waals surface area contributed by atoms with Gasteiger partial charge >= 0.3 is 0 Å². The molecule has 0 unspecified atom stereocenters. The van der Waals surface area contributed by atoms with E-state index in [1.165, 1.54) is 11.8 Å². The van der Waals surface area contributed by atoms with Crippen molar-refractivity contribution in [1.82, 2.24) is 0 Å². The van der Waals surface area contributed by atoms with Gasteiger partial charge in [-0.05, 0) is 48.5 Å². The third kappa shape index (κ3) is 5.15. The van der Waals surface area contributed by atoms with Crippen LogP contribution in [0.4, 0.5) is 5.69 Å². The van der Waals surface area contributed by atoms with Crippen molar-refractivity contribution in [2.75, 3.05) is 18.2 Å². The molecule has 0 saturated heterocycles. The van der Waals surface area contributed by atoms with E-state index in [1.54, 1.807) is 61.7 Å². The largest absolute Gasteiger partial charge is 0.497 e. The second-order valence-electron chi connectivity index (χ2n) is 5.91. The lowest BCUT2D eigenvalue weighted by Crippen LogP contribution is -2.11. The SMILES string of the molecule is COc1cccc(C(=O)Nc2cccc(SCC(=O)c3ccccc3Cl)c2)c1. The fourth-order valence-corrected chi connectivity index (χ4v) is 3.62. The number of thioether (sulfide) groups is 1. The first-order valence-electron chi connectivity index (χ1n) is 8.53. The smallest absolute Gasteiger partial charge is 0.255 e. The van der Waals surface area contributed by atoms with Gasteiger partial charge in [-0.15, -0.1) is 11.8 Å². The first kappa shape index (κ1) is 20.0. The second kappa shape index (κ2) is 9.44. The average molecular weight is 412 g/mol. The summed E-state index contributed by atoms with van der Waals surface area (Å²) in [5, 5.41) is 3.32. The number of anilines is 1. The summed E-state index contributed by atoms with van der Waals surface area (Å²) in [4.78, 5) is 25.7. The third-order valence-electron chi connectivity index (χ3n) is 3.97. The minimum Gasteiger partial charge on any atom is -0.497 e. The Bertz CT molecular complexity index is 1010. The van der Waals surface area contributed by atoms with Crippen LogP contribution in [-0.4, -0.2) is 24.6 Å². The van der Waals surface area contributed by atoms with Gasteiger partial charge in [0.05, 0.1) is 17.9 Å². The van der Waals surface area contributed by atoms with E-state index >= 15 is 0 Å². The van der Waals surface area contributed by atoms with E-state index in [0.717, 1.165) is 4.90 Å². The molecule has 0 aromatic heterocycles. The minimum absolute atomic E-state index is 0.0404. The molecule has 0 spiro atoms. The van der Waals surface area contributed by atoms with Crippen molar-refractivity contribution in [3.63, 3.8) is 0 Å². The van der Waals surface area contributed by atoms with Crippen LogP contribution in [0.1, 0.15) is 20.7 Å². The molecule has 142 valence electrons. The molecule has 0 radical (unpaired) electrons. The maximum atomic E-state index is 12.4. The molecule has 1 N–H and O–H groups in total. The number of rotatable bonds is 7. The molecule has 0 bridgehead atoms. The first-order valence-corrected chi connectivity index (χ1v) is 9.89. The number of ketones is 1. The highest BCUT2D eigenvalue weighted by molar-refractivity contribution is 8.00. The maximum absolute atomic E-state index is 12.4. The number of halogens is 1. The summed E-state index contributed by atoms with van der Waals surface area (Å²) in [6.45, 7) is 0. The molecule has 28 heavy (non-hydrogen) atoms. The van der Waals surface area contributed by atoms with E-state index in [9.17, 15) is 9.59 Å². The van der Waals surface area contributed by atoms with Crippen molar-refractivity contribution < 1.29 is 14.3 Å². The van der Waals surface area contributed by atoms with Crippen molar-refractivity contribution in [3.05, 3.63) is 88.9 Å². The van der Waals surface area contributed by atoms with Crippen LogP contribution in [0.3, 0.4) is 0 Å². The Balaban J connectivity index is 1.64. The normalized spacial score (nSPS) is 10.4. The van der Waals surface area contributed by atoms with E-state index in [0.29, 0.717) is 27.6 Å². The van der Waals surface area contributed by atoms with Gasteiger partial charge in [0.2, 0.25) is 0 Å². The molecule has 0 aliphatic heterocycles. The van der Waals surface area contributed by atoms with Crippen molar-refractivity contribution >= 4 is 40.7 Å². The quantitative estimate of drug-likeness (QED) is 0.407. The lowest BCUT2D eigenvalue weighted by molar-refractivity contribution is 0.101. The highest BCUT2D eigenvalue weighted by Crippen LogP contribution is 2.25. The summed E-state index contributed by atoms with van der Waals surface area (Å²) in [6.07, 6.45) is 0.